The van der Waals surface area contributed by atoms with Crippen molar-refractivity contribution >= 4 is 23.5 Å². The highest BCUT2D eigenvalue weighted by molar-refractivity contribution is 6.30. The van der Waals surface area contributed by atoms with Crippen LogP contribution >= 0.6 is 11.6 Å². The zero-order valence-electron chi connectivity index (χ0n) is 12.9. The summed E-state index contributed by atoms with van der Waals surface area (Å²) in [5.74, 6) is -1.58. The summed E-state index contributed by atoms with van der Waals surface area (Å²) in [7, 11) is 0. The summed E-state index contributed by atoms with van der Waals surface area (Å²) in [6.07, 6.45) is 0.153. The number of carbonyl (C=O) groups is 2. The van der Waals surface area contributed by atoms with Crippen molar-refractivity contribution in [2.45, 2.75) is 19.1 Å². The summed E-state index contributed by atoms with van der Waals surface area (Å²) in [6, 6.07) is 15.3. The fourth-order valence-corrected chi connectivity index (χ4v) is 2.38. The van der Waals surface area contributed by atoms with E-state index in [1.165, 1.54) is 0 Å². The molecular weight excluding hydrogens is 330 g/mol. The Hall–Kier alpha value is -2.37. The predicted octanol–water partition coefficient (Wildman–Crippen LogP) is 2.67. The molecule has 5 nitrogen and oxygen atoms in total. The Morgan fingerprint density at radius 1 is 1.08 bits per heavy atom. The molecule has 0 saturated heterocycles. The van der Waals surface area contributed by atoms with Crippen molar-refractivity contribution in [2.75, 3.05) is 6.61 Å². The highest BCUT2D eigenvalue weighted by Gasteiger charge is 2.20. The van der Waals surface area contributed by atoms with Crippen LogP contribution < -0.4 is 5.32 Å². The zero-order valence-corrected chi connectivity index (χ0v) is 13.7. The molecule has 2 aromatic rings. The summed E-state index contributed by atoms with van der Waals surface area (Å²) < 4.78 is 5.31. The van der Waals surface area contributed by atoms with Crippen LogP contribution in [0, 0.1) is 0 Å². The second-order valence-corrected chi connectivity index (χ2v) is 5.71. The molecule has 0 fully saturated rings. The monoisotopic (exact) mass is 347 g/mol. The standard InChI is InChI=1S/C18H18ClNO4/c19-15-8-4-7-14(9-15)10-16(18(22)23)20-17(21)12-24-11-13-5-2-1-3-6-13/h1-9,16H,10-12H2,(H,20,21)(H,22,23)/t16-/m1/s1. The van der Waals surface area contributed by atoms with Crippen LogP contribution in [-0.2, 0) is 27.4 Å². The lowest BCUT2D eigenvalue weighted by Crippen LogP contribution is -2.43. The molecule has 6 heteroatoms. The molecule has 2 aromatic carbocycles. The van der Waals surface area contributed by atoms with Gasteiger partial charge < -0.3 is 15.2 Å². The lowest BCUT2D eigenvalue weighted by molar-refractivity contribution is -0.142. The summed E-state index contributed by atoms with van der Waals surface area (Å²) in [6.45, 7) is 0.0918. The number of aliphatic carboxylic acids is 1. The molecule has 2 N–H and O–H groups in total. The minimum atomic E-state index is -1.11. The summed E-state index contributed by atoms with van der Waals surface area (Å²) in [4.78, 5) is 23.2. The number of hydrogen-bond acceptors (Lipinski definition) is 3. The molecule has 0 bridgehead atoms. The van der Waals surface area contributed by atoms with Crippen LogP contribution in [0.3, 0.4) is 0 Å². The molecule has 1 atom stereocenters. The quantitative estimate of drug-likeness (QED) is 0.769. The van der Waals surface area contributed by atoms with Crippen LogP contribution in [0.5, 0.6) is 0 Å². The molecule has 0 aliphatic heterocycles. The van der Waals surface area contributed by atoms with Crippen molar-refractivity contribution in [3.8, 4) is 0 Å². The maximum atomic E-state index is 11.9. The van der Waals surface area contributed by atoms with Gasteiger partial charge in [0.05, 0.1) is 6.61 Å². The van der Waals surface area contributed by atoms with E-state index in [-0.39, 0.29) is 13.0 Å². The number of carboxylic acids is 1. The number of carboxylic acid groups (broad SMARTS) is 1. The fraction of sp³-hybridized carbons (Fsp3) is 0.222. The number of amides is 1. The molecule has 1 amide bonds. The molecular formula is C18H18ClNO4. The van der Waals surface area contributed by atoms with Gasteiger partial charge in [-0.25, -0.2) is 4.79 Å². The molecule has 0 saturated carbocycles. The van der Waals surface area contributed by atoms with E-state index in [1.807, 2.05) is 30.3 Å². The molecule has 0 aliphatic carbocycles. The van der Waals surface area contributed by atoms with Gasteiger partial charge in [0, 0.05) is 11.4 Å². The molecule has 24 heavy (non-hydrogen) atoms. The minimum Gasteiger partial charge on any atom is -0.480 e. The predicted molar refractivity (Wildman–Crippen MR) is 90.8 cm³/mol. The Labute approximate surface area is 145 Å². The maximum absolute atomic E-state index is 11.9. The van der Waals surface area contributed by atoms with E-state index in [2.05, 4.69) is 5.32 Å². The number of carbonyl (C=O) groups excluding carboxylic acids is 1. The van der Waals surface area contributed by atoms with Gasteiger partial charge in [-0.15, -0.1) is 0 Å². The molecule has 0 spiro atoms. The minimum absolute atomic E-state index is 0.153. The number of rotatable bonds is 8. The van der Waals surface area contributed by atoms with Gasteiger partial charge in [-0.05, 0) is 23.3 Å². The van der Waals surface area contributed by atoms with E-state index in [1.54, 1.807) is 24.3 Å². The van der Waals surface area contributed by atoms with Gasteiger partial charge in [0.25, 0.3) is 0 Å². The highest BCUT2D eigenvalue weighted by Crippen LogP contribution is 2.12. The average molecular weight is 348 g/mol. The van der Waals surface area contributed by atoms with Crippen molar-refractivity contribution < 1.29 is 19.4 Å². The molecule has 0 heterocycles. The first-order chi connectivity index (χ1) is 11.5. The summed E-state index contributed by atoms with van der Waals surface area (Å²) in [5.41, 5.74) is 1.68. The zero-order chi connectivity index (χ0) is 17.4. The van der Waals surface area contributed by atoms with Gasteiger partial charge in [-0.1, -0.05) is 54.1 Å². The molecule has 0 radical (unpaired) electrons. The topological polar surface area (TPSA) is 75.6 Å². The van der Waals surface area contributed by atoms with Crippen molar-refractivity contribution in [1.29, 1.82) is 0 Å². The smallest absolute Gasteiger partial charge is 0.326 e. The van der Waals surface area contributed by atoms with Crippen LogP contribution in [-0.4, -0.2) is 29.6 Å². The molecule has 0 aromatic heterocycles. The Kier molecular flexibility index (Phi) is 6.78. The van der Waals surface area contributed by atoms with Gasteiger partial charge in [0.2, 0.25) is 5.91 Å². The Bertz CT molecular complexity index is 690. The second kappa shape index (κ2) is 9.05. The van der Waals surface area contributed by atoms with Crippen LogP contribution in [0.4, 0.5) is 0 Å². The molecule has 126 valence electrons. The van der Waals surface area contributed by atoms with Crippen LogP contribution in [0.25, 0.3) is 0 Å². The van der Waals surface area contributed by atoms with Gasteiger partial charge in [-0.3, -0.25) is 4.79 Å². The van der Waals surface area contributed by atoms with Crippen molar-refractivity contribution in [3.63, 3.8) is 0 Å². The molecule has 0 aliphatic rings. The second-order valence-electron chi connectivity index (χ2n) is 5.27. The maximum Gasteiger partial charge on any atom is 0.326 e. The highest BCUT2D eigenvalue weighted by atomic mass is 35.5. The number of hydrogen-bond donors (Lipinski definition) is 2. The lowest BCUT2D eigenvalue weighted by Gasteiger charge is -2.15. The van der Waals surface area contributed by atoms with Gasteiger partial charge in [0.1, 0.15) is 12.6 Å². The normalized spacial score (nSPS) is 11.7. The third-order valence-electron chi connectivity index (χ3n) is 3.31. The van der Waals surface area contributed by atoms with E-state index in [0.717, 1.165) is 11.1 Å². The fourth-order valence-electron chi connectivity index (χ4n) is 2.17. The van der Waals surface area contributed by atoms with Crippen molar-refractivity contribution in [2.24, 2.45) is 0 Å². The first-order valence-electron chi connectivity index (χ1n) is 7.43. The van der Waals surface area contributed by atoms with E-state index in [4.69, 9.17) is 16.3 Å². The molecule has 0 unspecified atom stereocenters. The van der Waals surface area contributed by atoms with E-state index in [0.29, 0.717) is 11.6 Å². The van der Waals surface area contributed by atoms with Gasteiger partial charge in [-0.2, -0.15) is 0 Å². The third kappa shape index (κ3) is 6.02. The Morgan fingerprint density at radius 3 is 2.46 bits per heavy atom. The van der Waals surface area contributed by atoms with Crippen molar-refractivity contribution in [1.82, 2.24) is 5.32 Å². The average Bonchev–Trinajstić information content (AvgIpc) is 2.55. The first kappa shape index (κ1) is 18.0. The lowest BCUT2D eigenvalue weighted by atomic mass is 10.1. The van der Waals surface area contributed by atoms with Gasteiger partial charge >= 0.3 is 5.97 Å². The summed E-state index contributed by atoms with van der Waals surface area (Å²) >= 11 is 5.89. The number of ether oxygens (including phenoxy) is 1. The number of halogens is 1. The van der Waals surface area contributed by atoms with Gasteiger partial charge in [0.15, 0.2) is 0 Å². The van der Waals surface area contributed by atoms with Crippen LogP contribution in [0.15, 0.2) is 54.6 Å². The van der Waals surface area contributed by atoms with E-state index in [9.17, 15) is 14.7 Å². The molecule has 2 rings (SSSR count). The Morgan fingerprint density at radius 2 is 1.79 bits per heavy atom. The SMILES string of the molecule is O=C(COCc1ccccc1)N[C@H](Cc1cccc(Cl)c1)C(=O)O. The number of benzene rings is 2. The Balaban J connectivity index is 1.83. The van der Waals surface area contributed by atoms with Crippen LogP contribution in [0.1, 0.15) is 11.1 Å². The largest absolute Gasteiger partial charge is 0.480 e. The summed E-state index contributed by atoms with van der Waals surface area (Å²) in [5, 5.41) is 12.3. The van der Waals surface area contributed by atoms with Crippen LogP contribution in [0.2, 0.25) is 5.02 Å². The first-order valence-corrected chi connectivity index (χ1v) is 7.80. The van der Waals surface area contributed by atoms with E-state index >= 15 is 0 Å². The number of nitrogens with one attached hydrogen (secondary N) is 1. The van der Waals surface area contributed by atoms with E-state index < -0.39 is 17.9 Å². The third-order valence-corrected chi connectivity index (χ3v) is 3.54. The van der Waals surface area contributed by atoms with Crippen molar-refractivity contribution in [3.05, 3.63) is 70.7 Å².